The molecule has 0 radical (unpaired) electrons. The van der Waals surface area contributed by atoms with Gasteiger partial charge in [0.25, 0.3) is 0 Å². The maximum absolute atomic E-state index is 5.02. The van der Waals surface area contributed by atoms with Crippen molar-refractivity contribution in [2.24, 2.45) is 0 Å². The fourth-order valence-corrected chi connectivity index (χ4v) is 1.93. The van der Waals surface area contributed by atoms with Gasteiger partial charge in [0.05, 0.1) is 18.4 Å². The van der Waals surface area contributed by atoms with Crippen molar-refractivity contribution in [3.05, 3.63) is 23.6 Å². The molecule has 0 unspecified atom stereocenters. The second-order valence-electron chi connectivity index (χ2n) is 4.62. The van der Waals surface area contributed by atoms with Crippen LogP contribution in [0.3, 0.4) is 0 Å². The zero-order valence-electron chi connectivity index (χ0n) is 9.65. The molecule has 0 bridgehead atoms. The Morgan fingerprint density at radius 1 is 1.38 bits per heavy atom. The van der Waals surface area contributed by atoms with Gasteiger partial charge in [-0.05, 0) is 26.8 Å². The number of furan rings is 1. The Hall–Kier alpha value is -1.20. The molecule has 1 N–H and O–H groups in total. The second kappa shape index (κ2) is 4.35. The smallest absolute Gasteiger partial charge is 0.151 e. The van der Waals surface area contributed by atoms with Gasteiger partial charge in [-0.25, -0.2) is 0 Å². The topological polar surface area (TPSA) is 51.0 Å². The fourth-order valence-electron chi connectivity index (χ4n) is 1.17. The third-order valence-electron chi connectivity index (χ3n) is 2.00. The van der Waals surface area contributed by atoms with Gasteiger partial charge in [-0.1, -0.05) is 11.3 Å². The molecule has 5 heteroatoms. The summed E-state index contributed by atoms with van der Waals surface area (Å²) in [4.78, 5) is 0. The van der Waals surface area contributed by atoms with Gasteiger partial charge in [-0.3, -0.25) is 0 Å². The Bertz CT molecular complexity index is 442. The minimum atomic E-state index is 0.0987. The summed E-state index contributed by atoms with van der Waals surface area (Å²) in [5.74, 6) is 0. The first-order valence-electron chi connectivity index (χ1n) is 5.14. The van der Waals surface area contributed by atoms with Crippen LogP contribution in [0.1, 0.15) is 25.8 Å². The monoisotopic (exact) mass is 237 g/mol. The molecule has 2 rings (SSSR count). The molecule has 0 aliphatic rings. The molecule has 0 aliphatic heterocycles. The molecule has 2 aromatic heterocycles. The van der Waals surface area contributed by atoms with Crippen molar-refractivity contribution in [2.45, 2.75) is 32.9 Å². The van der Waals surface area contributed by atoms with Gasteiger partial charge >= 0.3 is 0 Å². The number of aromatic nitrogens is 2. The Labute approximate surface area is 98.7 Å². The normalized spacial score (nSPS) is 11.9. The molecule has 0 fully saturated rings. The maximum Gasteiger partial charge on any atom is 0.151 e. The van der Waals surface area contributed by atoms with Crippen LogP contribution in [0.15, 0.2) is 23.0 Å². The summed E-state index contributed by atoms with van der Waals surface area (Å²) in [5, 5.41) is 13.5. The van der Waals surface area contributed by atoms with Crippen molar-refractivity contribution in [3.63, 3.8) is 0 Å². The van der Waals surface area contributed by atoms with Gasteiger partial charge in [-0.15, -0.1) is 10.2 Å². The highest BCUT2D eigenvalue weighted by molar-refractivity contribution is 7.14. The van der Waals surface area contributed by atoms with E-state index >= 15 is 0 Å². The van der Waals surface area contributed by atoms with Crippen LogP contribution in [0, 0.1) is 0 Å². The highest BCUT2D eigenvalue weighted by atomic mass is 32.1. The standard InChI is InChI=1S/C11H15N3OS/c1-11(2,3)12-6-9-13-14-10(16-9)8-4-5-15-7-8/h4-5,7,12H,6H2,1-3H3. The molecular formula is C11H15N3OS. The first-order chi connectivity index (χ1) is 7.54. The zero-order chi connectivity index (χ0) is 11.6. The molecule has 0 saturated carbocycles. The molecule has 4 nitrogen and oxygen atoms in total. The summed E-state index contributed by atoms with van der Waals surface area (Å²) in [5.41, 5.74) is 1.08. The Morgan fingerprint density at radius 2 is 2.19 bits per heavy atom. The average molecular weight is 237 g/mol. The Morgan fingerprint density at radius 3 is 2.81 bits per heavy atom. The largest absolute Gasteiger partial charge is 0.472 e. The summed E-state index contributed by atoms with van der Waals surface area (Å²) in [7, 11) is 0. The molecule has 2 aromatic rings. The van der Waals surface area contributed by atoms with Crippen molar-refractivity contribution in [2.75, 3.05) is 0 Å². The third-order valence-corrected chi connectivity index (χ3v) is 2.98. The van der Waals surface area contributed by atoms with Gasteiger partial charge in [0, 0.05) is 5.54 Å². The molecule has 0 aromatic carbocycles. The molecule has 0 amide bonds. The van der Waals surface area contributed by atoms with Crippen LogP contribution < -0.4 is 5.32 Å². The van der Waals surface area contributed by atoms with Crippen molar-refractivity contribution in [3.8, 4) is 10.6 Å². The minimum Gasteiger partial charge on any atom is -0.472 e. The maximum atomic E-state index is 5.02. The summed E-state index contributed by atoms with van der Waals surface area (Å²) < 4.78 is 5.02. The average Bonchev–Trinajstić information content (AvgIpc) is 2.84. The molecule has 2 heterocycles. The quantitative estimate of drug-likeness (QED) is 0.891. The lowest BCUT2D eigenvalue weighted by Crippen LogP contribution is -2.35. The zero-order valence-corrected chi connectivity index (χ0v) is 10.5. The highest BCUT2D eigenvalue weighted by Gasteiger charge is 2.12. The Kier molecular flexibility index (Phi) is 3.07. The summed E-state index contributed by atoms with van der Waals surface area (Å²) in [6, 6.07) is 1.89. The summed E-state index contributed by atoms with van der Waals surface area (Å²) in [6.45, 7) is 7.14. The van der Waals surface area contributed by atoms with E-state index < -0.39 is 0 Å². The molecule has 0 aliphatic carbocycles. The molecular weight excluding hydrogens is 222 g/mol. The molecule has 16 heavy (non-hydrogen) atoms. The first kappa shape index (κ1) is 11.3. The van der Waals surface area contributed by atoms with E-state index in [1.54, 1.807) is 23.9 Å². The van der Waals surface area contributed by atoms with Crippen LogP contribution in [0.2, 0.25) is 0 Å². The SMILES string of the molecule is CC(C)(C)NCc1nnc(-c2ccoc2)s1. The van der Waals surface area contributed by atoms with E-state index in [9.17, 15) is 0 Å². The van der Waals surface area contributed by atoms with Gasteiger partial charge in [0.1, 0.15) is 11.3 Å². The van der Waals surface area contributed by atoms with Crippen LogP contribution in [-0.4, -0.2) is 15.7 Å². The number of hydrogen-bond acceptors (Lipinski definition) is 5. The predicted octanol–water partition coefficient (Wildman–Crippen LogP) is 2.69. The van der Waals surface area contributed by atoms with Gasteiger partial charge < -0.3 is 9.73 Å². The predicted molar refractivity (Wildman–Crippen MR) is 64.2 cm³/mol. The van der Waals surface area contributed by atoms with Gasteiger partial charge in [0.2, 0.25) is 0 Å². The number of hydrogen-bond donors (Lipinski definition) is 1. The number of nitrogens with one attached hydrogen (secondary N) is 1. The summed E-state index contributed by atoms with van der Waals surface area (Å²) in [6.07, 6.45) is 3.32. The lowest BCUT2D eigenvalue weighted by molar-refractivity contribution is 0.423. The highest BCUT2D eigenvalue weighted by Crippen LogP contribution is 2.23. The van der Waals surface area contributed by atoms with Gasteiger partial charge in [0.15, 0.2) is 5.01 Å². The molecule has 86 valence electrons. The molecule has 0 spiro atoms. The van der Waals surface area contributed by atoms with Crippen LogP contribution in [-0.2, 0) is 6.54 Å². The van der Waals surface area contributed by atoms with E-state index in [0.717, 1.165) is 22.1 Å². The van der Waals surface area contributed by atoms with E-state index in [-0.39, 0.29) is 5.54 Å². The lowest BCUT2D eigenvalue weighted by atomic mass is 10.1. The minimum absolute atomic E-state index is 0.0987. The van der Waals surface area contributed by atoms with E-state index in [1.807, 2.05) is 6.07 Å². The van der Waals surface area contributed by atoms with E-state index in [2.05, 4.69) is 36.3 Å². The molecule has 0 atom stereocenters. The van der Waals surface area contributed by atoms with Crippen LogP contribution in [0.5, 0.6) is 0 Å². The Balaban J connectivity index is 2.03. The number of rotatable bonds is 3. The lowest BCUT2D eigenvalue weighted by Gasteiger charge is -2.19. The van der Waals surface area contributed by atoms with Crippen molar-refractivity contribution in [1.82, 2.24) is 15.5 Å². The fraction of sp³-hybridized carbons (Fsp3) is 0.455. The first-order valence-corrected chi connectivity index (χ1v) is 5.96. The van der Waals surface area contributed by atoms with Crippen molar-refractivity contribution < 1.29 is 4.42 Å². The summed E-state index contributed by atoms with van der Waals surface area (Å²) >= 11 is 1.59. The van der Waals surface area contributed by atoms with E-state index in [4.69, 9.17) is 4.42 Å². The van der Waals surface area contributed by atoms with E-state index in [1.165, 1.54) is 0 Å². The van der Waals surface area contributed by atoms with Crippen molar-refractivity contribution in [1.29, 1.82) is 0 Å². The van der Waals surface area contributed by atoms with E-state index in [0.29, 0.717) is 0 Å². The van der Waals surface area contributed by atoms with Crippen LogP contribution in [0.4, 0.5) is 0 Å². The van der Waals surface area contributed by atoms with Crippen molar-refractivity contribution >= 4 is 11.3 Å². The van der Waals surface area contributed by atoms with Crippen LogP contribution >= 0.6 is 11.3 Å². The van der Waals surface area contributed by atoms with Crippen LogP contribution in [0.25, 0.3) is 10.6 Å². The third kappa shape index (κ3) is 2.90. The molecule has 0 saturated heterocycles. The number of nitrogens with zero attached hydrogens (tertiary/aromatic N) is 2. The second-order valence-corrected chi connectivity index (χ2v) is 5.68. The van der Waals surface area contributed by atoms with Gasteiger partial charge in [-0.2, -0.15) is 0 Å².